The average Bonchev–Trinajstić information content (AvgIpc) is 2.97. The molecule has 1 saturated heterocycles. The fourth-order valence-electron chi connectivity index (χ4n) is 3.40. The van der Waals surface area contributed by atoms with Crippen molar-refractivity contribution in [1.82, 2.24) is 4.90 Å². The number of carbonyl (C=O) groups is 1. The van der Waals surface area contributed by atoms with E-state index in [1.54, 1.807) is 4.90 Å². The minimum atomic E-state index is -2.88. The maximum Gasteiger partial charge on any atom is 0.387 e. The van der Waals surface area contributed by atoms with Crippen molar-refractivity contribution in [2.75, 3.05) is 19.8 Å². The van der Waals surface area contributed by atoms with Gasteiger partial charge in [0.15, 0.2) is 0 Å². The largest absolute Gasteiger partial charge is 0.435 e. The topological polar surface area (TPSA) is 59.0 Å². The Morgan fingerprint density at radius 3 is 2.74 bits per heavy atom. The summed E-state index contributed by atoms with van der Waals surface area (Å²) in [5, 5.41) is 9.32. The molecule has 1 aromatic rings. The number of aliphatic hydroxyl groups excluding tert-OH is 1. The molecule has 0 aromatic heterocycles. The van der Waals surface area contributed by atoms with Crippen molar-refractivity contribution in [2.24, 2.45) is 5.92 Å². The van der Waals surface area contributed by atoms with Gasteiger partial charge in [0.1, 0.15) is 5.75 Å². The zero-order valence-corrected chi connectivity index (χ0v) is 12.5. The summed E-state index contributed by atoms with van der Waals surface area (Å²) in [5.74, 6) is 0.0309. The number of fused-ring (bicyclic) bond motifs is 1. The molecule has 23 heavy (non-hydrogen) atoms. The van der Waals surface area contributed by atoms with Gasteiger partial charge in [-0.25, -0.2) is 0 Å². The van der Waals surface area contributed by atoms with Crippen molar-refractivity contribution in [3.63, 3.8) is 0 Å². The zero-order chi connectivity index (χ0) is 16.4. The number of hydrogen-bond donors (Lipinski definition) is 1. The van der Waals surface area contributed by atoms with Crippen LogP contribution in [0.1, 0.15) is 23.2 Å². The highest BCUT2D eigenvalue weighted by molar-refractivity contribution is 5.94. The van der Waals surface area contributed by atoms with Crippen LogP contribution in [0.15, 0.2) is 24.3 Å². The van der Waals surface area contributed by atoms with Gasteiger partial charge in [0, 0.05) is 18.7 Å². The van der Waals surface area contributed by atoms with E-state index in [2.05, 4.69) is 4.74 Å². The molecule has 0 bridgehead atoms. The Bertz CT molecular complexity index is 552. The molecule has 1 aromatic carbocycles. The third-order valence-electron chi connectivity index (χ3n) is 4.48. The highest BCUT2D eigenvalue weighted by atomic mass is 19.3. The molecule has 1 N–H and O–H groups in total. The molecule has 1 heterocycles. The first kappa shape index (κ1) is 16.1. The number of halogens is 2. The second-order valence-electron chi connectivity index (χ2n) is 5.90. The van der Waals surface area contributed by atoms with Crippen LogP contribution in [0, 0.1) is 5.92 Å². The van der Waals surface area contributed by atoms with Crippen LogP contribution in [-0.4, -0.2) is 54.4 Å². The number of rotatable bonds is 4. The van der Waals surface area contributed by atoms with Crippen molar-refractivity contribution < 1.29 is 28.2 Å². The third kappa shape index (κ3) is 3.45. The SMILES string of the molecule is O=C(c1ccc(OC(F)F)cc1)N1CCOC2C[C@H](CO)C[C@@H]21. The fraction of sp³-hybridized carbons (Fsp3) is 0.562. The van der Waals surface area contributed by atoms with Crippen LogP contribution >= 0.6 is 0 Å². The number of nitrogens with zero attached hydrogens (tertiary/aromatic N) is 1. The molecule has 1 saturated carbocycles. The number of morpholine rings is 1. The van der Waals surface area contributed by atoms with Crippen LogP contribution in [0.5, 0.6) is 5.75 Å². The Kier molecular flexibility index (Phi) is 4.77. The fourth-order valence-corrected chi connectivity index (χ4v) is 3.40. The van der Waals surface area contributed by atoms with E-state index in [9.17, 15) is 18.7 Å². The summed E-state index contributed by atoms with van der Waals surface area (Å²) in [6.07, 6.45) is 1.44. The molecule has 3 rings (SSSR count). The number of alkyl halides is 2. The van der Waals surface area contributed by atoms with Crippen LogP contribution in [0.2, 0.25) is 0 Å². The summed E-state index contributed by atoms with van der Waals surface area (Å²) in [7, 11) is 0. The summed E-state index contributed by atoms with van der Waals surface area (Å²) in [5.41, 5.74) is 0.430. The Balaban J connectivity index is 1.71. The summed E-state index contributed by atoms with van der Waals surface area (Å²) < 4.78 is 34.3. The van der Waals surface area contributed by atoms with E-state index in [1.807, 2.05) is 0 Å². The first-order valence-electron chi connectivity index (χ1n) is 7.66. The van der Waals surface area contributed by atoms with Crippen LogP contribution in [0.3, 0.4) is 0 Å². The highest BCUT2D eigenvalue weighted by Gasteiger charge is 2.42. The minimum absolute atomic E-state index is 0.0256. The van der Waals surface area contributed by atoms with Gasteiger partial charge in [0.2, 0.25) is 0 Å². The zero-order valence-electron chi connectivity index (χ0n) is 12.5. The molecule has 1 aliphatic heterocycles. The van der Waals surface area contributed by atoms with Gasteiger partial charge in [-0.2, -0.15) is 8.78 Å². The smallest absolute Gasteiger partial charge is 0.387 e. The Morgan fingerprint density at radius 1 is 1.35 bits per heavy atom. The van der Waals surface area contributed by atoms with Crippen LogP contribution < -0.4 is 4.74 Å². The molecule has 1 amide bonds. The average molecular weight is 327 g/mol. The first-order chi connectivity index (χ1) is 11.1. The summed E-state index contributed by atoms with van der Waals surface area (Å²) >= 11 is 0. The van der Waals surface area contributed by atoms with E-state index in [1.165, 1.54) is 24.3 Å². The van der Waals surface area contributed by atoms with Gasteiger partial charge in [-0.05, 0) is 43.0 Å². The van der Waals surface area contributed by atoms with Crippen molar-refractivity contribution in [3.05, 3.63) is 29.8 Å². The van der Waals surface area contributed by atoms with E-state index in [-0.39, 0.29) is 36.3 Å². The quantitative estimate of drug-likeness (QED) is 0.918. The van der Waals surface area contributed by atoms with Crippen LogP contribution in [0.25, 0.3) is 0 Å². The second-order valence-corrected chi connectivity index (χ2v) is 5.90. The third-order valence-corrected chi connectivity index (χ3v) is 4.48. The molecule has 2 aliphatic rings. The molecule has 126 valence electrons. The number of benzene rings is 1. The van der Waals surface area contributed by atoms with Gasteiger partial charge < -0.3 is 19.5 Å². The van der Waals surface area contributed by atoms with Gasteiger partial charge in [0.25, 0.3) is 5.91 Å². The van der Waals surface area contributed by atoms with E-state index >= 15 is 0 Å². The van der Waals surface area contributed by atoms with Crippen molar-refractivity contribution in [2.45, 2.75) is 31.6 Å². The molecule has 3 atom stereocenters. The first-order valence-corrected chi connectivity index (χ1v) is 7.66. The van der Waals surface area contributed by atoms with Crippen molar-refractivity contribution >= 4 is 5.91 Å². The molecule has 1 aliphatic carbocycles. The maximum absolute atomic E-state index is 12.7. The lowest BCUT2D eigenvalue weighted by Crippen LogP contribution is -2.51. The molecule has 0 radical (unpaired) electrons. The number of aliphatic hydroxyl groups is 1. The van der Waals surface area contributed by atoms with E-state index < -0.39 is 6.61 Å². The molecule has 2 fully saturated rings. The lowest BCUT2D eigenvalue weighted by molar-refractivity contribution is -0.0499. The lowest BCUT2D eigenvalue weighted by Gasteiger charge is -2.37. The normalized spacial score (nSPS) is 27.1. The predicted molar refractivity (Wildman–Crippen MR) is 77.4 cm³/mol. The minimum Gasteiger partial charge on any atom is -0.435 e. The molecule has 0 spiro atoms. The van der Waals surface area contributed by atoms with E-state index in [0.717, 1.165) is 12.8 Å². The monoisotopic (exact) mass is 327 g/mol. The van der Waals surface area contributed by atoms with Crippen LogP contribution in [-0.2, 0) is 4.74 Å². The van der Waals surface area contributed by atoms with Gasteiger partial charge in [0.05, 0.1) is 18.8 Å². The van der Waals surface area contributed by atoms with E-state index in [4.69, 9.17) is 4.74 Å². The van der Waals surface area contributed by atoms with Gasteiger partial charge in [-0.3, -0.25) is 4.79 Å². The second kappa shape index (κ2) is 6.80. The van der Waals surface area contributed by atoms with Crippen molar-refractivity contribution in [3.8, 4) is 5.75 Å². The molecular formula is C16H19F2NO4. The number of carbonyl (C=O) groups excluding carboxylic acids is 1. The maximum atomic E-state index is 12.7. The van der Waals surface area contributed by atoms with Gasteiger partial charge in [-0.1, -0.05) is 0 Å². The van der Waals surface area contributed by atoms with Gasteiger partial charge >= 0.3 is 6.61 Å². The molecule has 7 heteroatoms. The number of amides is 1. The summed E-state index contributed by atoms with van der Waals surface area (Å²) in [4.78, 5) is 14.5. The molecular weight excluding hydrogens is 308 g/mol. The summed E-state index contributed by atoms with van der Waals surface area (Å²) in [6.45, 7) is -1.83. The summed E-state index contributed by atoms with van der Waals surface area (Å²) in [6, 6.07) is 5.67. The Labute approximate surface area is 132 Å². The number of hydrogen-bond acceptors (Lipinski definition) is 4. The lowest BCUT2D eigenvalue weighted by atomic mass is 10.1. The molecule has 1 unspecified atom stereocenters. The van der Waals surface area contributed by atoms with Gasteiger partial charge in [-0.15, -0.1) is 0 Å². The standard InChI is InChI=1S/C16H19F2NO4/c17-16(18)23-12-3-1-11(2-4-12)15(21)19-5-6-22-14-8-10(9-20)7-13(14)19/h1-4,10,13-14,16,20H,5-9H2/t10-,13+,14?/m1/s1. The Hall–Kier alpha value is -1.73. The predicted octanol–water partition coefficient (Wildman–Crippen LogP) is 1.90. The number of ether oxygens (including phenoxy) is 2. The highest BCUT2D eigenvalue weighted by Crippen LogP contribution is 2.34. The van der Waals surface area contributed by atoms with Crippen LogP contribution in [0.4, 0.5) is 8.78 Å². The van der Waals surface area contributed by atoms with Crippen molar-refractivity contribution in [1.29, 1.82) is 0 Å². The Morgan fingerprint density at radius 2 is 2.09 bits per heavy atom. The van der Waals surface area contributed by atoms with E-state index in [0.29, 0.717) is 18.7 Å². The molecule has 5 nitrogen and oxygen atoms in total.